The average molecular weight is 292 g/mol. The Labute approximate surface area is 123 Å². The Balaban J connectivity index is 1.94. The third-order valence-corrected chi connectivity index (χ3v) is 3.65. The van der Waals surface area contributed by atoms with Crippen LogP contribution in [0, 0.1) is 20.8 Å². The van der Waals surface area contributed by atoms with Gasteiger partial charge in [-0.15, -0.1) is 0 Å². The largest absolute Gasteiger partial charge is 0.466 e. The number of hydrogen-bond donors (Lipinski definition) is 1. The van der Waals surface area contributed by atoms with E-state index in [9.17, 15) is 4.79 Å². The molecule has 0 aliphatic rings. The molecular formula is C16H18ClNO2. The molecule has 1 aromatic carbocycles. The first kappa shape index (κ1) is 14.7. The minimum absolute atomic E-state index is 0.0780. The maximum atomic E-state index is 12.2. The lowest BCUT2D eigenvalue weighted by molar-refractivity contribution is 0.0952. The molecule has 0 radical (unpaired) electrons. The lowest BCUT2D eigenvalue weighted by Gasteiger charge is -2.06. The minimum atomic E-state index is -0.0780. The van der Waals surface area contributed by atoms with Crippen LogP contribution in [0.5, 0.6) is 0 Å². The summed E-state index contributed by atoms with van der Waals surface area (Å²) in [5.41, 5.74) is 2.71. The van der Waals surface area contributed by atoms with E-state index >= 15 is 0 Å². The fourth-order valence-corrected chi connectivity index (χ4v) is 2.31. The molecule has 0 spiro atoms. The zero-order valence-corrected chi connectivity index (χ0v) is 12.7. The predicted octanol–water partition coefficient (Wildman–Crippen LogP) is 3.83. The van der Waals surface area contributed by atoms with Crippen molar-refractivity contribution in [2.45, 2.75) is 27.2 Å². The molecule has 0 bridgehead atoms. The fraction of sp³-hybridized carbons (Fsp3) is 0.312. The second kappa shape index (κ2) is 6.14. The van der Waals surface area contributed by atoms with Crippen LogP contribution in [0.15, 0.2) is 28.7 Å². The van der Waals surface area contributed by atoms with Crippen molar-refractivity contribution in [3.05, 3.63) is 57.5 Å². The summed E-state index contributed by atoms with van der Waals surface area (Å²) in [5.74, 6) is 1.39. The summed E-state index contributed by atoms with van der Waals surface area (Å²) in [6.45, 7) is 6.17. The Morgan fingerprint density at radius 1 is 1.15 bits per heavy atom. The molecule has 0 saturated carbocycles. The summed E-state index contributed by atoms with van der Waals surface area (Å²) in [5, 5.41) is 3.65. The topological polar surface area (TPSA) is 42.2 Å². The molecule has 0 fully saturated rings. The van der Waals surface area contributed by atoms with E-state index < -0.39 is 0 Å². The van der Waals surface area contributed by atoms with E-state index in [1.807, 2.05) is 45.0 Å². The molecule has 0 aliphatic carbocycles. The smallest absolute Gasteiger partial charge is 0.255 e. The number of amides is 1. The summed E-state index contributed by atoms with van der Waals surface area (Å²) in [4.78, 5) is 12.2. The van der Waals surface area contributed by atoms with Gasteiger partial charge in [0.1, 0.15) is 11.5 Å². The zero-order chi connectivity index (χ0) is 14.7. The zero-order valence-electron chi connectivity index (χ0n) is 11.9. The van der Waals surface area contributed by atoms with Crippen molar-refractivity contribution in [1.82, 2.24) is 5.32 Å². The van der Waals surface area contributed by atoms with E-state index in [2.05, 4.69) is 5.32 Å². The van der Waals surface area contributed by atoms with E-state index in [4.69, 9.17) is 16.0 Å². The molecule has 0 saturated heterocycles. The van der Waals surface area contributed by atoms with Crippen LogP contribution in [0.2, 0.25) is 5.02 Å². The first-order chi connectivity index (χ1) is 9.49. The SMILES string of the molecule is Cc1oc(C)c(C(=O)NCCc2ccc(Cl)cc2)c1C. The molecule has 1 aromatic heterocycles. The normalized spacial score (nSPS) is 10.6. The number of hydrogen-bond acceptors (Lipinski definition) is 2. The molecule has 106 valence electrons. The first-order valence-electron chi connectivity index (χ1n) is 6.58. The van der Waals surface area contributed by atoms with Crippen molar-refractivity contribution in [1.29, 1.82) is 0 Å². The van der Waals surface area contributed by atoms with Gasteiger partial charge in [-0.25, -0.2) is 0 Å². The van der Waals surface area contributed by atoms with E-state index in [1.54, 1.807) is 0 Å². The number of aryl methyl sites for hydroxylation is 2. The summed E-state index contributed by atoms with van der Waals surface area (Å²) >= 11 is 5.83. The third-order valence-electron chi connectivity index (χ3n) is 3.40. The van der Waals surface area contributed by atoms with Gasteiger partial charge in [0.2, 0.25) is 0 Å². The summed E-state index contributed by atoms with van der Waals surface area (Å²) in [7, 11) is 0. The van der Waals surface area contributed by atoms with E-state index in [-0.39, 0.29) is 5.91 Å². The van der Waals surface area contributed by atoms with Crippen LogP contribution in [0.4, 0.5) is 0 Å². The van der Waals surface area contributed by atoms with Gasteiger partial charge in [0, 0.05) is 17.1 Å². The standard InChI is InChI=1S/C16H18ClNO2/c1-10-11(2)20-12(3)15(10)16(19)18-9-8-13-4-6-14(17)7-5-13/h4-7H,8-9H2,1-3H3,(H,18,19). The van der Waals surface area contributed by atoms with Crippen molar-refractivity contribution in [2.24, 2.45) is 0 Å². The van der Waals surface area contributed by atoms with Crippen LogP contribution in [0.3, 0.4) is 0 Å². The average Bonchev–Trinajstić information content (AvgIpc) is 2.65. The van der Waals surface area contributed by atoms with Gasteiger partial charge in [-0.3, -0.25) is 4.79 Å². The molecule has 0 aliphatic heterocycles. The van der Waals surface area contributed by atoms with Crippen LogP contribution in [-0.2, 0) is 6.42 Å². The van der Waals surface area contributed by atoms with Gasteiger partial charge in [0.05, 0.1) is 5.56 Å². The Morgan fingerprint density at radius 2 is 1.80 bits per heavy atom. The third kappa shape index (κ3) is 3.23. The van der Waals surface area contributed by atoms with Gasteiger partial charge in [-0.2, -0.15) is 0 Å². The number of furan rings is 1. The number of benzene rings is 1. The van der Waals surface area contributed by atoms with E-state index in [0.29, 0.717) is 17.9 Å². The molecule has 1 N–H and O–H groups in total. The van der Waals surface area contributed by atoms with Gasteiger partial charge >= 0.3 is 0 Å². The summed E-state index contributed by atoms with van der Waals surface area (Å²) in [6.07, 6.45) is 0.776. The molecule has 2 aromatic rings. The van der Waals surface area contributed by atoms with Gasteiger partial charge in [-0.1, -0.05) is 23.7 Å². The van der Waals surface area contributed by atoms with Crippen molar-refractivity contribution >= 4 is 17.5 Å². The van der Waals surface area contributed by atoms with E-state index in [1.165, 1.54) is 0 Å². The van der Waals surface area contributed by atoms with Crippen molar-refractivity contribution in [2.75, 3.05) is 6.54 Å². The van der Waals surface area contributed by atoms with Crippen LogP contribution < -0.4 is 5.32 Å². The van der Waals surface area contributed by atoms with E-state index in [0.717, 1.165) is 28.3 Å². The highest BCUT2D eigenvalue weighted by molar-refractivity contribution is 6.30. The number of nitrogens with one attached hydrogen (secondary N) is 1. The lowest BCUT2D eigenvalue weighted by atomic mass is 10.1. The molecule has 3 nitrogen and oxygen atoms in total. The number of rotatable bonds is 4. The highest BCUT2D eigenvalue weighted by atomic mass is 35.5. The van der Waals surface area contributed by atoms with Crippen LogP contribution >= 0.6 is 11.6 Å². The number of carbonyl (C=O) groups excluding carboxylic acids is 1. The second-order valence-corrected chi connectivity index (χ2v) is 5.28. The first-order valence-corrected chi connectivity index (χ1v) is 6.96. The van der Waals surface area contributed by atoms with Crippen LogP contribution in [0.25, 0.3) is 0 Å². The molecule has 1 heterocycles. The van der Waals surface area contributed by atoms with Gasteiger partial charge in [0.25, 0.3) is 5.91 Å². The summed E-state index contributed by atoms with van der Waals surface area (Å²) in [6, 6.07) is 7.64. The monoisotopic (exact) mass is 291 g/mol. The molecule has 4 heteroatoms. The fourth-order valence-electron chi connectivity index (χ4n) is 2.19. The van der Waals surface area contributed by atoms with Crippen molar-refractivity contribution in [3.8, 4) is 0 Å². The molecule has 2 rings (SSSR count). The predicted molar refractivity (Wildman–Crippen MR) is 80.4 cm³/mol. The molecule has 0 atom stereocenters. The Morgan fingerprint density at radius 3 is 2.35 bits per heavy atom. The van der Waals surface area contributed by atoms with Crippen molar-refractivity contribution < 1.29 is 9.21 Å². The van der Waals surface area contributed by atoms with Crippen molar-refractivity contribution in [3.63, 3.8) is 0 Å². The minimum Gasteiger partial charge on any atom is -0.466 e. The quantitative estimate of drug-likeness (QED) is 0.930. The molecular weight excluding hydrogens is 274 g/mol. The highest BCUT2D eigenvalue weighted by Crippen LogP contribution is 2.20. The van der Waals surface area contributed by atoms with Crippen LogP contribution in [-0.4, -0.2) is 12.5 Å². The lowest BCUT2D eigenvalue weighted by Crippen LogP contribution is -2.26. The van der Waals surface area contributed by atoms with Crippen LogP contribution in [0.1, 0.15) is 33.0 Å². The molecule has 0 unspecified atom stereocenters. The van der Waals surface area contributed by atoms with Gasteiger partial charge in [-0.05, 0) is 44.9 Å². The Bertz CT molecular complexity index is 614. The maximum Gasteiger partial charge on any atom is 0.255 e. The Kier molecular flexibility index (Phi) is 4.50. The second-order valence-electron chi connectivity index (χ2n) is 4.85. The highest BCUT2D eigenvalue weighted by Gasteiger charge is 2.17. The van der Waals surface area contributed by atoms with Gasteiger partial charge in [0.15, 0.2) is 0 Å². The van der Waals surface area contributed by atoms with Gasteiger partial charge < -0.3 is 9.73 Å². The number of halogens is 1. The molecule has 1 amide bonds. The maximum absolute atomic E-state index is 12.2. The number of carbonyl (C=O) groups is 1. The molecule has 20 heavy (non-hydrogen) atoms. The summed E-state index contributed by atoms with van der Waals surface area (Å²) < 4.78 is 5.47. The Hall–Kier alpha value is -1.74.